The van der Waals surface area contributed by atoms with Gasteiger partial charge in [-0.3, -0.25) is 4.79 Å². The lowest BCUT2D eigenvalue weighted by Crippen LogP contribution is -2.42. The molecule has 0 radical (unpaired) electrons. The van der Waals surface area contributed by atoms with Gasteiger partial charge in [0.05, 0.1) is 16.6 Å². The van der Waals surface area contributed by atoms with Crippen molar-refractivity contribution in [1.29, 1.82) is 0 Å². The molecule has 3 aliphatic heterocycles. The van der Waals surface area contributed by atoms with Crippen LogP contribution in [0.2, 0.25) is 0 Å². The summed E-state index contributed by atoms with van der Waals surface area (Å²) in [7, 11) is -3.07. The van der Waals surface area contributed by atoms with Crippen molar-refractivity contribution in [3.8, 4) is 0 Å². The molecule has 5 nitrogen and oxygen atoms in total. The molecule has 0 atom stereocenters. The highest BCUT2D eigenvalue weighted by atomic mass is 32.2. The second kappa shape index (κ2) is 4.06. The molecule has 0 aromatic heterocycles. The highest BCUT2D eigenvalue weighted by molar-refractivity contribution is 7.94. The summed E-state index contributed by atoms with van der Waals surface area (Å²) in [6.07, 6.45) is 3.11. The second-order valence-electron chi connectivity index (χ2n) is 5.46. The maximum Gasteiger partial charge on any atom is 0.233 e. The van der Waals surface area contributed by atoms with Crippen molar-refractivity contribution >= 4 is 15.7 Å². The van der Waals surface area contributed by atoms with Crippen LogP contribution in [0.5, 0.6) is 0 Å². The maximum absolute atomic E-state index is 12.5. The Morgan fingerprint density at radius 1 is 1.22 bits per heavy atom. The Hall–Kier alpha value is -0.880. The standard InChI is InChI=1S/C12H18N2O3S/c15-11-12(2-5-13-6-3-12)4-7-14(11)10-1-8-18(16,17)9-10/h9,13H,1-8H2. The Morgan fingerprint density at radius 2 is 1.94 bits per heavy atom. The molecule has 2 fully saturated rings. The van der Waals surface area contributed by atoms with Gasteiger partial charge in [0.1, 0.15) is 0 Å². The van der Waals surface area contributed by atoms with Crippen LogP contribution in [0.15, 0.2) is 11.1 Å². The van der Waals surface area contributed by atoms with Crippen molar-refractivity contribution in [3.63, 3.8) is 0 Å². The Kier molecular flexibility index (Phi) is 2.75. The topological polar surface area (TPSA) is 66.5 Å². The fourth-order valence-corrected chi connectivity index (χ4v) is 4.51. The van der Waals surface area contributed by atoms with Gasteiger partial charge in [-0.1, -0.05) is 0 Å². The van der Waals surface area contributed by atoms with Crippen molar-refractivity contribution in [2.45, 2.75) is 25.7 Å². The quantitative estimate of drug-likeness (QED) is 0.741. The summed E-state index contributed by atoms with van der Waals surface area (Å²) in [5.41, 5.74) is 0.480. The molecule has 1 amide bonds. The second-order valence-corrected chi connectivity index (χ2v) is 7.43. The number of hydrogen-bond acceptors (Lipinski definition) is 4. The minimum atomic E-state index is -3.07. The van der Waals surface area contributed by atoms with E-state index >= 15 is 0 Å². The lowest BCUT2D eigenvalue weighted by atomic mass is 9.77. The molecule has 18 heavy (non-hydrogen) atoms. The normalized spacial score (nSPS) is 29.9. The van der Waals surface area contributed by atoms with Crippen molar-refractivity contribution in [1.82, 2.24) is 10.2 Å². The molecule has 0 saturated carbocycles. The van der Waals surface area contributed by atoms with E-state index in [1.165, 1.54) is 5.41 Å². The summed E-state index contributed by atoms with van der Waals surface area (Å²) >= 11 is 0. The van der Waals surface area contributed by atoms with E-state index in [9.17, 15) is 13.2 Å². The number of piperidine rings is 1. The first-order valence-corrected chi connectivity index (χ1v) is 8.20. The van der Waals surface area contributed by atoms with E-state index in [0.717, 1.165) is 32.4 Å². The number of sulfone groups is 1. The number of amides is 1. The molecule has 100 valence electrons. The Balaban J connectivity index is 1.83. The number of hydrogen-bond donors (Lipinski definition) is 1. The third-order valence-corrected chi connectivity index (χ3v) is 5.78. The van der Waals surface area contributed by atoms with Crippen molar-refractivity contribution in [2.24, 2.45) is 5.41 Å². The summed E-state index contributed by atoms with van der Waals surface area (Å²) < 4.78 is 22.9. The van der Waals surface area contributed by atoms with Crippen LogP contribution in [0.4, 0.5) is 0 Å². The zero-order valence-corrected chi connectivity index (χ0v) is 11.1. The van der Waals surface area contributed by atoms with E-state index < -0.39 is 9.84 Å². The molecule has 1 spiro atoms. The molecule has 0 aromatic carbocycles. The Morgan fingerprint density at radius 3 is 2.56 bits per heavy atom. The zero-order valence-electron chi connectivity index (χ0n) is 10.3. The molecule has 3 heterocycles. The van der Waals surface area contributed by atoms with Crippen LogP contribution in [0.25, 0.3) is 0 Å². The molecule has 3 aliphatic rings. The van der Waals surface area contributed by atoms with Crippen LogP contribution in [0, 0.1) is 5.41 Å². The summed E-state index contributed by atoms with van der Waals surface area (Å²) in [5.74, 6) is 0.299. The Bertz CT molecular complexity index is 503. The van der Waals surface area contributed by atoms with E-state index in [-0.39, 0.29) is 17.1 Å². The van der Waals surface area contributed by atoms with E-state index in [1.807, 2.05) is 0 Å². The molecule has 2 saturated heterocycles. The third kappa shape index (κ3) is 1.87. The molecule has 1 N–H and O–H groups in total. The molecule has 0 bridgehead atoms. The summed E-state index contributed by atoms with van der Waals surface area (Å²) in [6, 6.07) is 0. The predicted octanol–water partition coefficient (Wildman–Crippen LogP) is 0.248. The monoisotopic (exact) mass is 270 g/mol. The lowest BCUT2D eigenvalue weighted by molar-refractivity contribution is -0.135. The van der Waals surface area contributed by atoms with Gasteiger partial charge in [-0.2, -0.15) is 0 Å². The number of carbonyl (C=O) groups is 1. The van der Waals surface area contributed by atoms with Gasteiger partial charge in [-0.15, -0.1) is 0 Å². The number of rotatable bonds is 1. The van der Waals surface area contributed by atoms with Crippen LogP contribution in [0.3, 0.4) is 0 Å². The highest BCUT2D eigenvalue weighted by Gasteiger charge is 2.48. The van der Waals surface area contributed by atoms with Crippen molar-refractivity contribution in [3.05, 3.63) is 11.1 Å². The summed E-state index contributed by atoms with van der Waals surface area (Å²) in [6.45, 7) is 2.45. The Labute approximate surface area is 107 Å². The lowest BCUT2D eigenvalue weighted by Gasteiger charge is -2.32. The first-order valence-electron chi connectivity index (χ1n) is 6.49. The van der Waals surface area contributed by atoms with Gasteiger partial charge in [0, 0.05) is 18.7 Å². The van der Waals surface area contributed by atoms with Gasteiger partial charge in [-0.05, 0) is 32.4 Å². The number of carbonyl (C=O) groups excluding carboxylic acids is 1. The summed E-state index contributed by atoms with van der Waals surface area (Å²) in [5, 5.41) is 4.57. The molecule has 6 heteroatoms. The number of likely N-dealkylation sites (tertiary alicyclic amines) is 1. The van der Waals surface area contributed by atoms with E-state index in [1.54, 1.807) is 4.90 Å². The van der Waals surface area contributed by atoms with Crippen molar-refractivity contribution < 1.29 is 13.2 Å². The van der Waals surface area contributed by atoms with Gasteiger partial charge < -0.3 is 10.2 Å². The summed E-state index contributed by atoms with van der Waals surface area (Å²) in [4.78, 5) is 14.3. The molecular formula is C12H18N2O3S. The minimum absolute atomic E-state index is 0.146. The molecular weight excluding hydrogens is 252 g/mol. The molecule has 0 aliphatic carbocycles. The van der Waals surface area contributed by atoms with Crippen LogP contribution in [-0.4, -0.2) is 44.6 Å². The van der Waals surface area contributed by atoms with Gasteiger partial charge in [-0.25, -0.2) is 8.42 Å². The first-order chi connectivity index (χ1) is 8.53. The van der Waals surface area contributed by atoms with Crippen molar-refractivity contribution in [2.75, 3.05) is 25.4 Å². The third-order valence-electron chi connectivity index (χ3n) is 4.38. The van der Waals surface area contributed by atoms with Gasteiger partial charge >= 0.3 is 0 Å². The smallest absolute Gasteiger partial charge is 0.233 e. The largest absolute Gasteiger partial charge is 0.317 e. The van der Waals surface area contributed by atoms with E-state index in [4.69, 9.17) is 0 Å². The van der Waals surface area contributed by atoms with Gasteiger partial charge in [0.2, 0.25) is 5.91 Å². The SMILES string of the molecule is O=C1N(C2=CS(=O)(=O)CC2)CCC12CCNCC2. The first kappa shape index (κ1) is 12.2. The number of nitrogens with one attached hydrogen (secondary N) is 1. The molecule has 0 unspecified atom stereocenters. The van der Waals surface area contributed by atoms with Crippen LogP contribution in [-0.2, 0) is 14.6 Å². The average molecular weight is 270 g/mol. The maximum atomic E-state index is 12.5. The fourth-order valence-electron chi connectivity index (χ4n) is 3.23. The minimum Gasteiger partial charge on any atom is -0.317 e. The average Bonchev–Trinajstić information content (AvgIpc) is 2.84. The zero-order chi connectivity index (χ0) is 12.8. The van der Waals surface area contributed by atoms with E-state index in [0.29, 0.717) is 18.7 Å². The van der Waals surface area contributed by atoms with E-state index in [2.05, 4.69) is 5.32 Å². The molecule has 3 rings (SSSR count). The highest BCUT2D eigenvalue weighted by Crippen LogP contribution is 2.42. The van der Waals surface area contributed by atoms with Gasteiger partial charge in [0.25, 0.3) is 0 Å². The predicted molar refractivity (Wildman–Crippen MR) is 67.4 cm³/mol. The van der Waals surface area contributed by atoms with Crippen LogP contribution < -0.4 is 5.32 Å². The van der Waals surface area contributed by atoms with Crippen LogP contribution >= 0.6 is 0 Å². The fraction of sp³-hybridized carbons (Fsp3) is 0.750. The van der Waals surface area contributed by atoms with Crippen LogP contribution in [0.1, 0.15) is 25.7 Å². The number of nitrogens with zero attached hydrogens (tertiary/aromatic N) is 1. The molecule has 0 aromatic rings. The number of allylic oxidation sites excluding steroid dienone is 1. The van der Waals surface area contributed by atoms with Gasteiger partial charge in [0.15, 0.2) is 9.84 Å².